The first-order chi connectivity index (χ1) is 14.5. The highest BCUT2D eigenvalue weighted by Crippen LogP contribution is 2.24. The number of carbonyl (C=O) groups excluding carboxylic acids is 1. The molecule has 30 heavy (non-hydrogen) atoms. The summed E-state index contributed by atoms with van der Waals surface area (Å²) in [5.41, 5.74) is 4.48. The Balaban J connectivity index is 1.30. The van der Waals surface area contributed by atoms with Crippen molar-refractivity contribution in [3.8, 4) is 0 Å². The van der Waals surface area contributed by atoms with Gasteiger partial charge in [0.1, 0.15) is 0 Å². The fourth-order valence-electron chi connectivity index (χ4n) is 4.33. The SMILES string of the molecule is CN(Cc1cn(C)c2ccccc12)CC1CCN(c2ncc(C(=O)NO)cn2)CC1. The fraction of sp³-hybridized carbons (Fsp3) is 0.409. The number of para-hydroxylation sites is 1. The summed E-state index contributed by atoms with van der Waals surface area (Å²) in [4.78, 5) is 24.5. The number of aryl methyl sites for hydroxylation is 1. The Morgan fingerprint density at radius 1 is 1.23 bits per heavy atom. The van der Waals surface area contributed by atoms with Gasteiger partial charge in [0.05, 0.1) is 5.56 Å². The fourth-order valence-corrected chi connectivity index (χ4v) is 4.33. The molecule has 8 heteroatoms. The van der Waals surface area contributed by atoms with Crippen LogP contribution >= 0.6 is 0 Å². The smallest absolute Gasteiger partial charge is 0.277 e. The van der Waals surface area contributed by atoms with Crippen LogP contribution in [0.25, 0.3) is 10.9 Å². The number of nitrogens with zero attached hydrogens (tertiary/aromatic N) is 5. The van der Waals surface area contributed by atoms with Gasteiger partial charge in [-0.3, -0.25) is 10.0 Å². The van der Waals surface area contributed by atoms with E-state index in [1.165, 1.54) is 28.9 Å². The molecule has 1 amide bonds. The number of hydrogen-bond donors (Lipinski definition) is 2. The minimum Gasteiger partial charge on any atom is -0.350 e. The van der Waals surface area contributed by atoms with Crippen LogP contribution in [0, 0.1) is 5.92 Å². The van der Waals surface area contributed by atoms with Gasteiger partial charge in [-0.2, -0.15) is 0 Å². The largest absolute Gasteiger partial charge is 0.350 e. The van der Waals surface area contributed by atoms with Gasteiger partial charge in [0, 0.05) is 62.7 Å². The maximum Gasteiger partial charge on any atom is 0.277 e. The minimum atomic E-state index is -0.602. The zero-order valence-electron chi connectivity index (χ0n) is 17.5. The Morgan fingerprint density at radius 3 is 2.63 bits per heavy atom. The number of carbonyl (C=O) groups is 1. The lowest BCUT2D eigenvalue weighted by atomic mass is 9.96. The highest BCUT2D eigenvalue weighted by molar-refractivity contribution is 5.92. The summed E-state index contributed by atoms with van der Waals surface area (Å²) < 4.78 is 2.20. The van der Waals surface area contributed by atoms with E-state index in [9.17, 15) is 4.79 Å². The van der Waals surface area contributed by atoms with E-state index in [4.69, 9.17) is 5.21 Å². The topological polar surface area (TPSA) is 86.5 Å². The number of fused-ring (bicyclic) bond motifs is 1. The zero-order chi connectivity index (χ0) is 21.1. The number of amides is 1. The Hall–Kier alpha value is -2.97. The maximum absolute atomic E-state index is 11.4. The molecule has 0 spiro atoms. The van der Waals surface area contributed by atoms with E-state index in [0.29, 0.717) is 11.9 Å². The average molecular weight is 409 g/mol. The third-order valence-electron chi connectivity index (χ3n) is 5.89. The van der Waals surface area contributed by atoms with Gasteiger partial charge in [0.2, 0.25) is 5.95 Å². The molecule has 1 fully saturated rings. The van der Waals surface area contributed by atoms with Crippen molar-refractivity contribution in [1.82, 2.24) is 24.9 Å². The van der Waals surface area contributed by atoms with Crippen molar-refractivity contribution in [1.29, 1.82) is 0 Å². The summed E-state index contributed by atoms with van der Waals surface area (Å²) in [7, 11) is 4.30. The summed E-state index contributed by atoms with van der Waals surface area (Å²) in [6.07, 6.45) is 7.29. The van der Waals surface area contributed by atoms with Crippen LogP contribution in [0.15, 0.2) is 42.9 Å². The van der Waals surface area contributed by atoms with Crippen molar-refractivity contribution >= 4 is 22.8 Å². The number of anilines is 1. The monoisotopic (exact) mass is 408 g/mol. The molecular weight excluding hydrogens is 380 g/mol. The van der Waals surface area contributed by atoms with Gasteiger partial charge < -0.3 is 14.4 Å². The lowest BCUT2D eigenvalue weighted by Crippen LogP contribution is -2.38. The molecule has 3 heterocycles. The quantitative estimate of drug-likeness (QED) is 0.481. The van der Waals surface area contributed by atoms with Crippen molar-refractivity contribution in [3.05, 3.63) is 54.0 Å². The molecule has 1 aromatic carbocycles. The number of aromatic nitrogens is 3. The normalized spacial score (nSPS) is 15.1. The molecule has 0 bridgehead atoms. The number of nitrogens with one attached hydrogen (secondary N) is 1. The van der Waals surface area contributed by atoms with Crippen molar-refractivity contribution in [2.45, 2.75) is 19.4 Å². The highest BCUT2D eigenvalue weighted by Gasteiger charge is 2.22. The third-order valence-corrected chi connectivity index (χ3v) is 5.89. The Kier molecular flexibility index (Phi) is 5.96. The molecular formula is C22H28N6O2. The predicted molar refractivity (Wildman–Crippen MR) is 115 cm³/mol. The maximum atomic E-state index is 11.4. The van der Waals surface area contributed by atoms with E-state index in [-0.39, 0.29) is 5.56 Å². The van der Waals surface area contributed by atoms with E-state index < -0.39 is 5.91 Å². The van der Waals surface area contributed by atoms with Crippen LogP contribution in [0.5, 0.6) is 0 Å². The molecule has 2 aromatic heterocycles. The second kappa shape index (κ2) is 8.81. The van der Waals surface area contributed by atoms with E-state index in [1.807, 2.05) is 0 Å². The van der Waals surface area contributed by atoms with E-state index in [2.05, 4.69) is 68.9 Å². The lowest BCUT2D eigenvalue weighted by molar-refractivity contribution is 0.0705. The van der Waals surface area contributed by atoms with Crippen LogP contribution < -0.4 is 10.4 Å². The molecule has 158 valence electrons. The molecule has 8 nitrogen and oxygen atoms in total. The first-order valence-corrected chi connectivity index (χ1v) is 10.3. The summed E-state index contributed by atoms with van der Waals surface area (Å²) in [5, 5.41) is 10.0. The first-order valence-electron chi connectivity index (χ1n) is 10.3. The Bertz CT molecular complexity index is 1010. The molecule has 4 rings (SSSR count). The zero-order valence-corrected chi connectivity index (χ0v) is 17.5. The molecule has 2 N–H and O–H groups in total. The Morgan fingerprint density at radius 2 is 1.93 bits per heavy atom. The second-order valence-corrected chi connectivity index (χ2v) is 8.12. The summed E-state index contributed by atoms with van der Waals surface area (Å²) in [5.74, 6) is 0.669. The first kappa shape index (κ1) is 20.3. The molecule has 0 unspecified atom stereocenters. The molecule has 0 saturated carbocycles. The lowest BCUT2D eigenvalue weighted by Gasteiger charge is -2.33. The van der Waals surface area contributed by atoms with Crippen molar-refractivity contribution in [2.75, 3.05) is 31.6 Å². The van der Waals surface area contributed by atoms with Crippen LogP contribution in [0.1, 0.15) is 28.8 Å². The minimum absolute atomic E-state index is 0.242. The summed E-state index contributed by atoms with van der Waals surface area (Å²) >= 11 is 0. The van der Waals surface area contributed by atoms with Gasteiger partial charge in [-0.05, 0) is 37.4 Å². The Labute approximate surface area is 176 Å². The number of piperidine rings is 1. The number of rotatable bonds is 6. The second-order valence-electron chi connectivity index (χ2n) is 8.12. The summed E-state index contributed by atoms with van der Waals surface area (Å²) in [6.45, 7) is 3.81. The van der Waals surface area contributed by atoms with Gasteiger partial charge in [0.25, 0.3) is 5.91 Å². The molecule has 0 aliphatic carbocycles. The van der Waals surface area contributed by atoms with Crippen LogP contribution in [0.4, 0.5) is 5.95 Å². The van der Waals surface area contributed by atoms with E-state index >= 15 is 0 Å². The molecule has 0 radical (unpaired) electrons. The van der Waals surface area contributed by atoms with Crippen molar-refractivity contribution in [3.63, 3.8) is 0 Å². The van der Waals surface area contributed by atoms with Crippen molar-refractivity contribution in [2.24, 2.45) is 13.0 Å². The molecule has 1 aliphatic rings. The average Bonchev–Trinajstić information content (AvgIpc) is 3.09. The molecule has 1 saturated heterocycles. The predicted octanol–water partition coefficient (Wildman–Crippen LogP) is 2.44. The van der Waals surface area contributed by atoms with Gasteiger partial charge in [-0.15, -0.1) is 0 Å². The van der Waals surface area contributed by atoms with E-state index in [0.717, 1.165) is 39.0 Å². The van der Waals surface area contributed by atoms with Crippen LogP contribution in [-0.2, 0) is 13.6 Å². The van der Waals surface area contributed by atoms with Gasteiger partial charge in [-0.1, -0.05) is 18.2 Å². The highest BCUT2D eigenvalue weighted by atomic mass is 16.5. The number of hydrogen-bond acceptors (Lipinski definition) is 6. The molecule has 3 aromatic rings. The number of hydroxylamine groups is 1. The summed E-state index contributed by atoms with van der Waals surface area (Å²) in [6, 6.07) is 8.56. The van der Waals surface area contributed by atoms with Crippen molar-refractivity contribution < 1.29 is 10.0 Å². The van der Waals surface area contributed by atoms with Gasteiger partial charge in [0.15, 0.2) is 0 Å². The van der Waals surface area contributed by atoms with Gasteiger partial charge in [-0.25, -0.2) is 15.4 Å². The molecule has 0 atom stereocenters. The van der Waals surface area contributed by atoms with Gasteiger partial charge >= 0.3 is 0 Å². The molecule has 1 aliphatic heterocycles. The standard InChI is InChI=1S/C22H28N6O2/c1-26(14-18-15-27(2)20-6-4-3-5-19(18)20)13-16-7-9-28(10-8-16)22-23-11-17(12-24-22)21(29)25-30/h3-6,11-12,15-16,30H,7-10,13-14H2,1-2H3,(H,25,29). The third kappa shape index (κ3) is 4.29. The van der Waals surface area contributed by atoms with E-state index in [1.54, 1.807) is 5.48 Å². The number of benzene rings is 1. The van der Waals surface area contributed by atoms with Crippen LogP contribution in [0.3, 0.4) is 0 Å². The van der Waals surface area contributed by atoms with Crippen LogP contribution in [-0.4, -0.2) is 57.2 Å². The van der Waals surface area contributed by atoms with Crippen LogP contribution in [0.2, 0.25) is 0 Å².